The van der Waals surface area contributed by atoms with Crippen LogP contribution < -0.4 is 10.1 Å². The van der Waals surface area contributed by atoms with Gasteiger partial charge in [0.05, 0.1) is 13.2 Å². The molecule has 27 heavy (non-hydrogen) atoms. The smallest absolute Gasteiger partial charge is 0.251 e. The van der Waals surface area contributed by atoms with Gasteiger partial charge in [-0.15, -0.1) is 0 Å². The molecule has 0 aromatic heterocycles. The highest BCUT2D eigenvalue weighted by Crippen LogP contribution is 2.19. The Hall–Kier alpha value is -2.33. The van der Waals surface area contributed by atoms with Crippen LogP contribution >= 0.6 is 0 Å². The number of benzene rings is 2. The number of methoxy groups -OCH3 is 1. The summed E-state index contributed by atoms with van der Waals surface area (Å²) in [6.07, 6.45) is 2.62. The predicted molar refractivity (Wildman–Crippen MR) is 109 cm³/mol. The van der Waals surface area contributed by atoms with Crippen molar-refractivity contribution in [3.8, 4) is 5.75 Å². The Balaban J connectivity index is 1.56. The maximum absolute atomic E-state index is 12.5. The number of carbonyl (C=O) groups excluding carboxylic acids is 1. The highest BCUT2D eigenvalue weighted by Gasteiger charge is 2.16. The van der Waals surface area contributed by atoms with Crippen molar-refractivity contribution in [3.05, 3.63) is 65.2 Å². The molecule has 1 aliphatic rings. The third kappa shape index (κ3) is 5.33. The summed E-state index contributed by atoms with van der Waals surface area (Å²) in [6, 6.07) is 15.7. The zero-order chi connectivity index (χ0) is 19.2. The van der Waals surface area contributed by atoms with Gasteiger partial charge in [0.2, 0.25) is 0 Å². The molecule has 0 radical (unpaired) electrons. The molecule has 0 bridgehead atoms. The second-order valence-corrected chi connectivity index (χ2v) is 7.65. The van der Waals surface area contributed by atoms with Crippen molar-refractivity contribution in [1.82, 2.24) is 10.2 Å². The van der Waals surface area contributed by atoms with E-state index in [1.165, 1.54) is 31.5 Å². The molecule has 3 rings (SSSR count). The second-order valence-electron chi connectivity index (χ2n) is 7.65. The van der Waals surface area contributed by atoms with Crippen LogP contribution in [0.5, 0.6) is 5.75 Å². The average Bonchev–Trinajstić information content (AvgIpc) is 2.68. The van der Waals surface area contributed by atoms with E-state index in [0.29, 0.717) is 5.56 Å². The molecule has 0 spiro atoms. The van der Waals surface area contributed by atoms with E-state index in [-0.39, 0.29) is 11.9 Å². The number of likely N-dealkylation sites (tertiary alicyclic amines) is 1. The molecule has 0 aliphatic carbocycles. The van der Waals surface area contributed by atoms with Crippen LogP contribution in [0.4, 0.5) is 0 Å². The van der Waals surface area contributed by atoms with Crippen molar-refractivity contribution in [2.24, 2.45) is 5.92 Å². The lowest BCUT2D eigenvalue weighted by molar-refractivity contribution is 0.0940. The summed E-state index contributed by atoms with van der Waals surface area (Å²) >= 11 is 0. The standard InChI is InChI=1S/C23H30N2O2/c1-17-5-4-14-25(15-17)16-19-6-8-21(9-7-19)23(26)24-18(2)20-10-12-22(27-3)13-11-20/h6-13,17-18H,4-5,14-16H2,1-3H3,(H,24,26)/t17-,18-/m1/s1. The summed E-state index contributed by atoms with van der Waals surface area (Å²) in [5.74, 6) is 1.55. The maximum Gasteiger partial charge on any atom is 0.251 e. The molecule has 4 nitrogen and oxygen atoms in total. The number of piperidine rings is 1. The Kier molecular flexibility index (Phi) is 6.51. The maximum atomic E-state index is 12.5. The number of hydrogen-bond donors (Lipinski definition) is 1. The molecule has 1 fully saturated rings. The largest absolute Gasteiger partial charge is 0.497 e. The number of amides is 1. The molecular weight excluding hydrogens is 336 g/mol. The molecule has 2 aromatic rings. The first kappa shape index (κ1) is 19.4. The summed E-state index contributed by atoms with van der Waals surface area (Å²) in [4.78, 5) is 15.1. The predicted octanol–water partition coefficient (Wildman–Crippen LogP) is 4.42. The number of hydrogen-bond acceptors (Lipinski definition) is 3. The summed E-state index contributed by atoms with van der Waals surface area (Å²) in [6.45, 7) is 7.62. The average molecular weight is 367 g/mol. The van der Waals surface area contributed by atoms with Crippen LogP contribution in [-0.4, -0.2) is 31.0 Å². The van der Waals surface area contributed by atoms with Gasteiger partial charge in [0.15, 0.2) is 0 Å². The minimum atomic E-state index is -0.0575. The van der Waals surface area contributed by atoms with Gasteiger partial charge in [-0.3, -0.25) is 9.69 Å². The molecular formula is C23H30N2O2. The van der Waals surface area contributed by atoms with E-state index < -0.39 is 0 Å². The van der Waals surface area contributed by atoms with Crippen LogP contribution in [-0.2, 0) is 6.54 Å². The normalized spacial score (nSPS) is 18.7. The Labute approximate surface area is 162 Å². The molecule has 1 N–H and O–H groups in total. The lowest BCUT2D eigenvalue weighted by Crippen LogP contribution is -2.33. The van der Waals surface area contributed by atoms with Crippen LogP contribution in [0.3, 0.4) is 0 Å². The van der Waals surface area contributed by atoms with Gasteiger partial charge in [-0.1, -0.05) is 31.2 Å². The van der Waals surface area contributed by atoms with Gasteiger partial charge in [-0.25, -0.2) is 0 Å². The minimum Gasteiger partial charge on any atom is -0.497 e. The van der Waals surface area contributed by atoms with Crippen LogP contribution in [0.2, 0.25) is 0 Å². The van der Waals surface area contributed by atoms with Crippen molar-refractivity contribution in [2.75, 3.05) is 20.2 Å². The van der Waals surface area contributed by atoms with Gasteiger partial charge in [-0.2, -0.15) is 0 Å². The molecule has 1 saturated heterocycles. The molecule has 0 unspecified atom stereocenters. The first-order valence-corrected chi connectivity index (χ1v) is 9.81. The topological polar surface area (TPSA) is 41.6 Å². The van der Waals surface area contributed by atoms with E-state index in [1.807, 2.05) is 43.3 Å². The molecule has 1 heterocycles. The number of carbonyl (C=O) groups is 1. The van der Waals surface area contributed by atoms with Gasteiger partial charge in [0, 0.05) is 18.7 Å². The lowest BCUT2D eigenvalue weighted by Gasteiger charge is -2.30. The SMILES string of the molecule is COc1ccc([C@@H](C)NC(=O)c2ccc(CN3CCC[C@@H](C)C3)cc2)cc1. The molecule has 4 heteroatoms. The van der Waals surface area contributed by atoms with E-state index in [4.69, 9.17) is 4.74 Å². The Morgan fingerprint density at radius 2 is 1.89 bits per heavy atom. The number of nitrogens with one attached hydrogen (secondary N) is 1. The zero-order valence-electron chi connectivity index (χ0n) is 16.6. The van der Waals surface area contributed by atoms with E-state index in [9.17, 15) is 4.79 Å². The molecule has 2 atom stereocenters. The minimum absolute atomic E-state index is 0.0449. The van der Waals surface area contributed by atoms with Crippen LogP contribution in [0.15, 0.2) is 48.5 Å². The summed E-state index contributed by atoms with van der Waals surface area (Å²) in [5.41, 5.74) is 3.02. The summed E-state index contributed by atoms with van der Waals surface area (Å²) in [5, 5.41) is 3.07. The van der Waals surface area contributed by atoms with Crippen molar-refractivity contribution in [2.45, 2.75) is 39.3 Å². The van der Waals surface area contributed by atoms with Crippen molar-refractivity contribution in [1.29, 1.82) is 0 Å². The van der Waals surface area contributed by atoms with Crippen LogP contribution in [0.25, 0.3) is 0 Å². The fourth-order valence-corrected chi connectivity index (χ4v) is 3.71. The van der Waals surface area contributed by atoms with Crippen molar-refractivity contribution in [3.63, 3.8) is 0 Å². The summed E-state index contributed by atoms with van der Waals surface area (Å²) in [7, 11) is 1.65. The lowest BCUT2D eigenvalue weighted by atomic mass is 9.99. The van der Waals surface area contributed by atoms with E-state index in [2.05, 4.69) is 29.3 Å². The first-order chi connectivity index (χ1) is 13.0. The van der Waals surface area contributed by atoms with E-state index in [1.54, 1.807) is 7.11 Å². The van der Waals surface area contributed by atoms with E-state index in [0.717, 1.165) is 23.8 Å². The molecule has 0 saturated carbocycles. The van der Waals surface area contributed by atoms with Crippen LogP contribution in [0, 0.1) is 5.92 Å². The highest BCUT2D eigenvalue weighted by atomic mass is 16.5. The third-order valence-electron chi connectivity index (χ3n) is 5.33. The van der Waals surface area contributed by atoms with Crippen molar-refractivity contribution < 1.29 is 9.53 Å². The second kappa shape index (κ2) is 9.05. The third-order valence-corrected chi connectivity index (χ3v) is 5.33. The van der Waals surface area contributed by atoms with Gasteiger partial charge in [-0.05, 0) is 67.6 Å². The number of rotatable bonds is 6. The molecule has 1 amide bonds. The molecule has 144 valence electrons. The number of nitrogens with zero attached hydrogens (tertiary/aromatic N) is 1. The fourth-order valence-electron chi connectivity index (χ4n) is 3.71. The Morgan fingerprint density at radius 1 is 1.19 bits per heavy atom. The van der Waals surface area contributed by atoms with Crippen LogP contribution in [0.1, 0.15) is 54.2 Å². The quantitative estimate of drug-likeness (QED) is 0.823. The van der Waals surface area contributed by atoms with Gasteiger partial charge < -0.3 is 10.1 Å². The first-order valence-electron chi connectivity index (χ1n) is 9.81. The van der Waals surface area contributed by atoms with E-state index >= 15 is 0 Å². The van der Waals surface area contributed by atoms with Gasteiger partial charge in [0.25, 0.3) is 5.91 Å². The number of ether oxygens (including phenoxy) is 1. The highest BCUT2D eigenvalue weighted by molar-refractivity contribution is 5.94. The molecule has 2 aromatic carbocycles. The molecule has 1 aliphatic heterocycles. The Morgan fingerprint density at radius 3 is 2.52 bits per heavy atom. The monoisotopic (exact) mass is 366 g/mol. The zero-order valence-corrected chi connectivity index (χ0v) is 16.6. The van der Waals surface area contributed by atoms with Crippen molar-refractivity contribution >= 4 is 5.91 Å². The van der Waals surface area contributed by atoms with Gasteiger partial charge >= 0.3 is 0 Å². The summed E-state index contributed by atoms with van der Waals surface area (Å²) < 4.78 is 5.18. The fraction of sp³-hybridized carbons (Fsp3) is 0.435. The van der Waals surface area contributed by atoms with Gasteiger partial charge in [0.1, 0.15) is 5.75 Å². The Bertz CT molecular complexity index is 740.